The van der Waals surface area contributed by atoms with Crippen LogP contribution in [0.4, 0.5) is 10.3 Å². The molecule has 3 rings (SSSR count). The molecule has 2 aromatic rings. The van der Waals surface area contributed by atoms with Crippen LogP contribution >= 0.6 is 0 Å². The van der Waals surface area contributed by atoms with E-state index in [4.69, 9.17) is 10.5 Å². The molecule has 2 N–H and O–H groups in total. The number of halogens is 1. The summed E-state index contributed by atoms with van der Waals surface area (Å²) in [5.41, 5.74) is 6.48. The van der Waals surface area contributed by atoms with Crippen LogP contribution in [0.5, 0.6) is 5.75 Å². The van der Waals surface area contributed by atoms with Gasteiger partial charge in [0, 0.05) is 19.1 Å². The molecule has 0 amide bonds. The highest BCUT2D eigenvalue weighted by molar-refractivity contribution is 5.41. The molecule has 1 saturated heterocycles. The van der Waals surface area contributed by atoms with Crippen molar-refractivity contribution in [2.75, 3.05) is 24.6 Å². The van der Waals surface area contributed by atoms with Crippen LogP contribution < -0.4 is 20.9 Å². The highest BCUT2D eigenvalue weighted by atomic mass is 19.1. The average molecular weight is 399 g/mol. The monoisotopic (exact) mass is 399 g/mol. The van der Waals surface area contributed by atoms with Gasteiger partial charge in [-0.05, 0) is 42.5 Å². The Morgan fingerprint density at radius 3 is 2.93 bits per heavy atom. The Bertz CT molecular complexity index is 967. The number of ether oxygens (including phenoxy) is 1. The molecule has 1 fully saturated rings. The maximum atomic E-state index is 13.8. The van der Waals surface area contributed by atoms with Crippen LogP contribution in [0.1, 0.15) is 37.8 Å². The van der Waals surface area contributed by atoms with Crippen molar-refractivity contribution in [3.63, 3.8) is 0 Å². The van der Waals surface area contributed by atoms with E-state index in [1.54, 1.807) is 0 Å². The minimum Gasteiger partial charge on any atom is -0.486 e. The maximum absolute atomic E-state index is 13.8. The lowest BCUT2D eigenvalue weighted by molar-refractivity contribution is 0.264. The number of anilines is 1. The van der Waals surface area contributed by atoms with Crippen molar-refractivity contribution in [3.05, 3.63) is 51.7 Å². The van der Waals surface area contributed by atoms with Crippen molar-refractivity contribution < 1.29 is 9.13 Å². The molecule has 8 heteroatoms. The number of hydrogen-bond donors (Lipinski definition) is 1. The Morgan fingerprint density at radius 1 is 1.45 bits per heavy atom. The molecule has 1 aromatic carbocycles. The molecule has 0 radical (unpaired) electrons. The van der Waals surface area contributed by atoms with Crippen LogP contribution in [-0.4, -0.2) is 35.3 Å². The molecule has 29 heavy (non-hydrogen) atoms. The first-order chi connectivity index (χ1) is 13.9. The Morgan fingerprint density at radius 2 is 2.24 bits per heavy atom. The summed E-state index contributed by atoms with van der Waals surface area (Å²) in [7, 11) is 0. The minimum atomic E-state index is -0.464. The van der Waals surface area contributed by atoms with Gasteiger partial charge >= 0.3 is 0 Å². The molecular formula is C21H26FN5O2. The van der Waals surface area contributed by atoms with E-state index in [0.29, 0.717) is 30.2 Å². The second kappa shape index (κ2) is 9.05. The lowest BCUT2D eigenvalue weighted by Crippen LogP contribution is -2.45. The SMILES string of the molecule is CC(C)COc1cnc(N2CCC[C@@H](N)C2)n(Cc2cc(F)ccc2C#N)c1=O. The van der Waals surface area contributed by atoms with Crippen molar-refractivity contribution in [2.45, 2.75) is 39.3 Å². The highest BCUT2D eigenvalue weighted by Gasteiger charge is 2.23. The van der Waals surface area contributed by atoms with Crippen molar-refractivity contribution in [1.29, 1.82) is 5.26 Å². The first-order valence-electron chi connectivity index (χ1n) is 9.80. The molecule has 1 aliphatic heterocycles. The van der Waals surface area contributed by atoms with Gasteiger partial charge < -0.3 is 15.4 Å². The van der Waals surface area contributed by atoms with Gasteiger partial charge in [-0.3, -0.25) is 9.36 Å². The topological polar surface area (TPSA) is 97.2 Å². The predicted molar refractivity (Wildman–Crippen MR) is 108 cm³/mol. The minimum absolute atomic E-state index is 0.00481. The average Bonchev–Trinajstić information content (AvgIpc) is 2.68. The molecule has 0 spiro atoms. The quantitative estimate of drug-likeness (QED) is 0.800. The van der Waals surface area contributed by atoms with Gasteiger partial charge in [-0.25, -0.2) is 9.37 Å². The fourth-order valence-electron chi connectivity index (χ4n) is 3.38. The Labute approximate surface area is 169 Å². The van der Waals surface area contributed by atoms with Gasteiger partial charge in [0.25, 0.3) is 5.56 Å². The summed E-state index contributed by atoms with van der Waals surface area (Å²) >= 11 is 0. The zero-order chi connectivity index (χ0) is 21.0. The maximum Gasteiger partial charge on any atom is 0.297 e. The fraction of sp³-hybridized carbons (Fsp3) is 0.476. The van der Waals surface area contributed by atoms with Gasteiger partial charge in [0.1, 0.15) is 5.82 Å². The standard InChI is InChI=1S/C21H26FN5O2/c1-14(2)13-29-19-10-25-21(26-7-3-4-18(24)12-26)27(20(19)28)11-16-8-17(22)6-5-15(16)9-23/h5-6,8,10,14,18H,3-4,7,11-13,24H2,1-2H3/t18-/m1/s1. The second-order valence-electron chi connectivity index (χ2n) is 7.78. The van der Waals surface area contributed by atoms with Gasteiger partial charge in [0.2, 0.25) is 11.7 Å². The third kappa shape index (κ3) is 4.93. The number of nitriles is 1. The summed E-state index contributed by atoms with van der Waals surface area (Å²) in [6.07, 6.45) is 3.25. The highest BCUT2D eigenvalue weighted by Crippen LogP contribution is 2.20. The van der Waals surface area contributed by atoms with Crippen LogP contribution in [0, 0.1) is 23.1 Å². The summed E-state index contributed by atoms with van der Waals surface area (Å²) in [5, 5.41) is 9.38. The molecule has 1 aromatic heterocycles. The Hall–Kier alpha value is -2.92. The number of rotatable bonds is 6. The summed E-state index contributed by atoms with van der Waals surface area (Å²) < 4.78 is 20.9. The van der Waals surface area contributed by atoms with E-state index in [2.05, 4.69) is 11.1 Å². The zero-order valence-electron chi connectivity index (χ0n) is 16.8. The van der Waals surface area contributed by atoms with E-state index in [0.717, 1.165) is 19.4 Å². The van der Waals surface area contributed by atoms with Gasteiger partial charge in [0.05, 0.1) is 31.0 Å². The summed E-state index contributed by atoms with van der Waals surface area (Å²) in [6.45, 7) is 5.68. The molecular weight excluding hydrogens is 373 g/mol. The van der Waals surface area contributed by atoms with E-state index in [-0.39, 0.29) is 29.8 Å². The fourth-order valence-corrected chi connectivity index (χ4v) is 3.38. The summed E-state index contributed by atoms with van der Waals surface area (Å²) in [5.74, 6) is 0.374. The molecule has 0 bridgehead atoms. The molecule has 0 aliphatic carbocycles. The Balaban J connectivity index is 2.05. The van der Waals surface area contributed by atoms with E-state index in [9.17, 15) is 14.4 Å². The smallest absolute Gasteiger partial charge is 0.297 e. The molecule has 7 nitrogen and oxygen atoms in total. The molecule has 2 heterocycles. The molecule has 0 unspecified atom stereocenters. The van der Waals surface area contributed by atoms with Crippen LogP contribution in [-0.2, 0) is 6.54 Å². The Kier molecular flexibility index (Phi) is 6.49. The van der Waals surface area contributed by atoms with E-state index >= 15 is 0 Å². The van der Waals surface area contributed by atoms with Crippen LogP contribution in [0.25, 0.3) is 0 Å². The normalized spacial score (nSPS) is 16.7. The third-order valence-electron chi connectivity index (χ3n) is 4.82. The van der Waals surface area contributed by atoms with Crippen LogP contribution in [0.2, 0.25) is 0 Å². The van der Waals surface area contributed by atoms with Gasteiger partial charge in [-0.15, -0.1) is 0 Å². The predicted octanol–water partition coefficient (Wildman–Crippen LogP) is 2.26. The van der Waals surface area contributed by atoms with Crippen LogP contribution in [0.15, 0.2) is 29.2 Å². The van der Waals surface area contributed by atoms with Crippen molar-refractivity contribution >= 4 is 5.95 Å². The number of benzene rings is 1. The lowest BCUT2D eigenvalue weighted by Gasteiger charge is -2.33. The number of nitrogens with zero attached hydrogens (tertiary/aromatic N) is 4. The van der Waals surface area contributed by atoms with Crippen molar-refractivity contribution in [3.8, 4) is 11.8 Å². The second-order valence-corrected chi connectivity index (χ2v) is 7.78. The number of aromatic nitrogens is 2. The van der Waals surface area contributed by atoms with E-state index in [1.165, 1.54) is 29.0 Å². The van der Waals surface area contributed by atoms with Crippen LogP contribution in [0.3, 0.4) is 0 Å². The molecule has 154 valence electrons. The zero-order valence-corrected chi connectivity index (χ0v) is 16.8. The first kappa shape index (κ1) is 20.8. The van der Waals surface area contributed by atoms with Gasteiger partial charge in [-0.2, -0.15) is 5.26 Å². The lowest BCUT2D eigenvalue weighted by atomic mass is 10.1. The number of hydrogen-bond acceptors (Lipinski definition) is 6. The first-order valence-corrected chi connectivity index (χ1v) is 9.80. The number of piperidine rings is 1. The summed E-state index contributed by atoms with van der Waals surface area (Å²) in [4.78, 5) is 19.6. The van der Waals surface area contributed by atoms with E-state index in [1.807, 2.05) is 18.7 Å². The van der Waals surface area contributed by atoms with Crippen molar-refractivity contribution in [1.82, 2.24) is 9.55 Å². The number of nitrogens with two attached hydrogens (primary N) is 1. The summed E-state index contributed by atoms with van der Waals surface area (Å²) in [6, 6.07) is 5.97. The molecule has 1 aliphatic rings. The van der Waals surface area contributed by atoms with Gasteiger partial charge in [0.15, 0.2) is 0 Å². The molecule has 0 saturated carbocycles. The third-order valence-corrected chi connectivity index (χ3v) is 4.82. The van der Waals surface area contributed by atoms with Gasteiger partial charge in [-0.1, -0.05) is 13.8 Å². The van der Waals surface area contributed by atoms with Crippen molar-refractivity contribution in [2.24, 2.45) is 11.7 Å². The molecule has 1 atom stereocenters. The largest absolute Gasteiger partial charge is 0.486 e. The van der Waals surface area contributed by atoms with E-state index < -0.39 is 5.82 Å².